The van der Waals surface area contributed by atoms with E-state index in [9.17, 15) is 23.2 Å². The summed E-state index contributed by atoms with van der Waals surface area (Å²) in [6, 6.07) is 2.67. The number of benzene rings is 1. The molecule has 2 rings (SSSR count). The van der Waals surface area contributed by atoms with Crippen molar-refractivity contribution in [3.05, 3.63) is 29.8 Å². The standard InChI is InChI=1S/C21H28F2N2O4/c1-13(18(27)24-16-11-14(22)7-8-15(16)23)29-19(28)21(9-5-6-10-21)12-17(26)25-20(2,3)4/h7-8,11,13H,5-6,9-10,12H2,1-4H3,(H,24,27)(H,25,26). The van der Waals surface area contributed by atoms with Crippen LogP contribution in [0.5, 0.6) is 0 Å². The van der Waals surface area contributed by atoms with Gasteiger partial charge in [-0.05, 0) is 52.7 Å². The molecule has 1 fully saturated rings. The lowest BCUT2D eigenvalue weighted by Crippen LogP contribution is -2.45. The fourth-order valence-corrected chi connectivity index (χ4v) is 3.44. The van der Waals surface area contributed by atoms with Gasteiger partial charge in [0.2, 0.25) is 5.91 Å². The van der Waals surface area contributed by atoms with Gasteiger partial charge in [0.15, 0.2) is 6.10 Å². The average molecular weight is 410 g/mol. The van der Waals surface area contributed by atoms with E-state index in [2.05, 4.69) is 10.6 Å². The van der Waals surface area contributed by atoms with Crippen LogP contribution in [0.3, 0.4) is 0 Å². The summed E-state index contributed by atoms with van der Waals surface area (Å²) in [5, 5.41) is 5.06. The van der Waals surface area contributed by atoms with Gasteiger partial charge in [0.05, 0.1) is 11.1 Å². The summed E-state index contributed by atoms with van der Waals surface area (Å²) in [5.74, 6) is -3.17. The largest absolute Gasteiger partial charge is 0.452 e. The second-order valence-corrected chi connectivity index (χ2v) is 8.62. The van der Waals surface area contributed by atoms with E-state index in [4.69, 9.17) is 4.74 Å². The molecule has 1 aromatic rings. The van der Waals surface area contributed by atoms with Gasteiger partial charge in [0.1, 0.15) is 11.6 Å². The summed E-state index contributed by atoms with van der Waals surface area (Å²) < 4.78 is 32.3. The van der Waals surface area contributed by atoms with Crippen molar-refractivity contribution in [2.45, 2.75) is 71.4 Å². The molecule has 29 heavy (non-hydrogen) atoms. The van der Waals surface area contributed by atoms with E-state index >= 15 is 0 Å². The van der Waals surface area contributed by atoms with Gasteiger partial charge in [0.25, 0.3) is 5.91 Å². The second-order valence-electron chi connectivity index (χ2n) is 8.62. The lowest BCUT2D eigenvalue weighted by Gasteiger charge is -2.29. The van der Waals surface area contributed by atoms with Gasteiger partial charge in [0, 0.05) is 18.0 Å². The Hall–Kier alpha value is -2.51. The Labute approximate surface area is 169 Å². The molecular weight excluding hydrogens is 382 g/mol. The van der Waals surface area contributed by atoms with Crippen molar-refractivity contribution in [3.63, 3.8) is 0 Å². The highest BCUT2D eigenvalue weighted by Crippen LogP contribution is 2.42. The molecule has 1 atom stereocenters. The first kappa shape index (κ1) is 22.8. The monoisotopic (exact) mass is 410 g/mol. The quantitative estimate of drug-likeness (QED) is 0.701. The van der Waals surface area contributed by atoms with E-state index in [0.717, 1.165) is 31.0 Å². The maximum Gasteiger partial charge on any atom is 0.313 e. The molecule has 0 saturated heterocycles. The van der Waals surface area contributed by atoms with Crippen molar-refractivity contribution in [2.24, 2.45) is 5.41 Å². The van der Waals surface area contributed by atoms with Crippen LogP contribution in [0.2, 0.25) is 0 Å². The molecule has 0 aromatic heterocycles. The zero-order chi connectivity index (χ0) is 21.8. The SMILES string of the molecule is CC(OC(=O)C1(CC(=O)NC(C)(C)C)CCCC1)C(=O)Nc1cc(F)ccc1F. The fourth-order valence-electron chi connectivity index (χ4n) is 3.44. The van der Waals surface area contributed by atoms with Crippen molar-refractivity contribution in [1.82, 2.24) is 5.32 Å². The molecule has 0 heterocycles. The van der Waals surface area contributed by atoms with Crippen LogP contribution in [-0.4, -0.2) is 29.4 Å². The Kier molecular flexibility index (Phi) is 6.97. The molecule has 0 aliphatic heterocycles. The van der Waals surface area contributed by atoms with Gasteiger partial charge in [-0.25, -0.2) is 8.78 Å². The lowest BCUT2D eigenvalue weighted by atomic mass is 9.82. The third kappa shape index (κ3) is 6.24. The number of nitrogens with one attached hydrogen (secondary N) is 2. The van der Waals surface area contributed by atoms with Crippen molar-refractivity contribution < 1.29 is 27.9 Å². The van der Waals surface area contributed by atoms with E-state index < -0.39 is 40.6 Å². The first-order valence-electron chi connectivity index (χ1n) is 9.70. The van der Waals surface area contributed by atoms with Crippen LogP contribution in [0.1, 0.15) is 59.8 Å². The van der Waals surface area contributed by atoms with Crippen molar-refractivity contribution in [3.8, 4) is 0 Å². The molecule has 8 heteroatoms. The minimum Gasteiger partial charge on any atom is -0.452 e. The first-order chi connectivity index (χ1) is 13.4. The van der Waals surface area contributed by atoms with Gasteiger partial charge in [-0.2, -0.15) is 0 Å². The summed E-state index contributed by atoms with van der Waals surface area (Å²) in [5.41, 5.74) is -1.74. The van der Waals surface area contributed by atoms with E-state index in [-0.39, 0.29) is 18.0 Å². The zero-order valence-electron chi connectivity index (χ0n) is 17.2. The summed E-state index contributed by atoms with van der Waals surface area (Å²) in [4.78, 5) is 37.5. The minimum absolute atomic E-state index is 0.0179. The Morgan fingerprint density at radius 1 is 1.17 bits per heavy atom. The number of carbonyl (C=O) groups excluding carboxylic acids is 3. The number of halogens is 2. The van der Waals surface area contributed by atoms with Crippen LogP contribution in [-0.2, 0) is 19.1 Å². The lowest BCUT2D eigenvalue weighted by molar-refractivity contribution is -0.165. The molecule has 1 aromatic carbocycles. The molecule has 1 unspecified atom stereocenters. The van der Waals surface area contributed by atoms with Crippen LogP contribution in [0.4, 0.5) is 14.5 Å². The molecule has 1 aliphatic carbocycles. The number of carbonyl (C=O) groups is 3. The molecule has 6 nitrogen and oxygen atoms in total. The molecule has 0 spiro atoms. The molecule has 0 radical (unpaired) electrons. The van der Waals surface area contributed by atoms with E-state index in [1.165, 1.54) is 6.92 Å². The zero-order valence-corrected chi connectivity index (χ0v) is 17.2. The predicted octanol–water partition coefficient (Wildman–Crippen LogP) is 3.70. The molecule has 160 valence electrons. The Morgan fingerprint density at radius 3 is 2.38 bits per heavy atom. The fraction of sp³-hybridized carbons (Fsp3) is 0.571. The number of amides is 2. The van der Waals surface area contributed by atoms with E-state index in [1.54, 1.807) is 0 Å². The third-order valence-corrected chi connectivity index (χ3v) is 4.85. The highest BCUT2D eigenvalue weighted by Gasteiger charge is 2.45. The summed E-state index contributed by atoms with van der Waals surface area (Å²) >= 11 is 0. The normalized spacial score (nSPS) is 16.8. The van der Waals surface area contributed by atoms with Crippen LogP contribution in [0.25, 0.3) is 0 Å². The topological polar surface area (TPSA) is 84.5 Å². The van der Waals surface area contributed by atoms with Crippen LogP contribution < -0.4 is 10.6 Å². The van der Waals surface area contributed by atoms with Crippen molar-refractivity contribution in [1.29, 1.82) is 0 Å². The van der Waals surface area contributed by atoms with Gasteiger partial charge in [-0.3, -0.25) is 14.4 Å². The molecule has 2 amide bonds. The maximum absolute atomic E-state index is 13.7. The molecular formula is C21H28F2N2O4. The number of anilines is 1. The second kappa shape index (κ2) is 8.88. The molecule has 0 bridgehead atoms. The van der Waals surface area contributed by atoms with Crippen LogP contribution in [0, 0.1) is 17.0 Å². The van der Waals surface area contributed by atoms with Gasteiger partial charge in [-0.15, -0.1) is 0 Å². The highest BCUT2D eigenvalue weighted by atomic mass is 19.1. The van der Waals surface area contributed by atoms with E-state index in [1.807, 2.05) is 20.8 Å². The van der Waals surface area contributed by atoms with Crippen molar-refractivity contribution in [2.75, 3.05) is 5.32 Å². The highest BCUT2D eigenvalue weighted by molar-refractivity contribution is 5.96. The number of rotatable bonds is 6. The number of hydrogen-bond acceptors (Lipinski definition) is 4. The van der Waals surface area contributed by atoms with Gasteiger partial charge < -0.3 is 15.4 Å². The molecule has 2 N–H and O–H groups in total. The molecule has 1 saturated carbocycles. The number of hydrogen-bond donors (Lipinski definition) is 2. The van der Waals surface area contributed by atoms with Crippen LogP contribution >= 0.6 is 0 Å². The Balaban J connectivity index is 2.04. The summed E-state index contributed by atoms with van der Waals surface area (Å²) in [6.07, 6.45) is 1.32. The summed E-state index contributed by atoms with van der Waals surface area (Å²) in [7, 11) is 0. The predicted molar refractivity (Wildman–Crippen MR) is 104 cm³/mol. The third-order valence-electron chi connectivity index (χ3n) is 4.85. The average Bonchev–Trinajstić information content (AvgIpc) is 3.05. The first-order valence-corrected chi connectivity index (χ1v) is 9.70. The van der Waals surface area contributed by atoms with Gasteiger partial charge in [-0.1, -0.05) is 12.8 Å². The van der Waals surface area contributed by atoms with Gasteiger partial charge >= 0.3 is 5.97 Å². The molecule has 1 aliphatic rings. The van der Waals surface area contributed by atoms with Crippen molar-refractivity contribution >= 4 is 23.5 Å². The number of ether oxygens (including phenoxy) is 1. The smallest absolute Gasteiger partial charge is 0.313 e. The van der Waals surface area contributed by atoms with E-state index in [0.29, 0.717) is 12.8 Å². The minimum atomic E-state index is -1.23. The Bertz CT molecular complexity index is 783. The number of esters is 1. The summed E-state index contributed by atoms with van der Waals surface area (Å²) in [6.45, 7) is 6.90. The van der Waals surface area contributed by atoms with Crippen LogP contribution in [0.15, 0.2) is 18.2 Å². The maximum atomic E-state index is 13.7. The Morgan fingerprint density at radius 2 is 1.79 bits per heavy atom.